The summed E-state index contributed by atoms with van der Waals surface area (Å²) in [7, 11) is 0. The van der Waals surface area contributed by atoms with Gasteiger partial charge in [0.25, 0.3) is 0 Å². The molecular weight excluding hydrogens is 256 g/mol. The molecule has 3 aromatic rings. The van der Waals surface area contributed by atoms with E-state index in [1.54, 1.807) is 6.92 Å². The predicted octanol–water partition coefficient (Wildman–Crippen LogP) is 3.99. The molecular formula is C16H16OTi. The minimum atomic E-state index is 0. The molecule has 0 heterocycles. The molecule has 0 aliphatic heterocycles. The Bertz CT molecular complexity index is 514. The average molecular weight is 272 g/mol. The van der Waals surface area contributed by atoms with E-state index in [2.05, 4.69) is 60.7 Å². The van der Waals surface area contributed by atoms with Crippen LogP contribution in [0.15, 0.2) is 60.7 Å². The Hall–Kier alpha value is -1.15. The van der Waals surface area contributed by atoms with Gasteiger partial charge in [-0.25, -0.2) is 0 Å². The van der Waals surface area contributed by atoms with Crippen molar-refractivity contribution in [3.8, 4) is 0 Å². The van der Waals surface area contributed by atoms with Crippen molar-refractivity contribution in [2.75, 3.05) is 6.61 Å². The summed E-state index contributed by atoms with van der Waals surface area (Å²) in [4.78, 5) is 0. The number of fused-ring (bicyclic) bond motifs is 2. The second-order valence-corrected chi connectivity index (χ2v) is 3.86. The summed E-state index contributed by atoms with van der Waals surface area (Å²) in [6, 6.07) is 21.4. The molecule has 0 fully saturated rings. The quantitative estimate of drug-likeness (QED) is 0.484. The van der Waals surface area contributed by atoms with Crippen LogP contribution >= 0.6 is 0 Å². The number of hydrogen-bond acceptors (Lipinski definition) is 1. The topological polar surface area (TPSA) is 20.2 Å². The minimum absolute atomic E-state index is 0. The van der Waals surface area contributed by atoms with Crippen molar-refractivity contribution in [2.45, 2.75) is 6.92 Å². The fraction of sp³-hybridized carbons (Fsp3) is 0.125. The first kappa shape index (κ1) is 14.9. The van der Waals surface area contributed by atoms with E-state index in [0.29, 0.717) is 0 Å². The molecule has 0 atom stereocenters. The summed E-state index contributed by atoms with van der Waals surface area (Å²) in [5.41, 5.74) is 0. The van der Waals surface area contributed by atoms with E-state index in [1.807, 2.05) is 0 Å². The molecule has 1 nitrogen and oxygen atoms in total. The van der Waals surface area contributed by atoms with Crippen LogP contribution in [0.5, 0.6) is 0 Å². The summed E-state index contributed by atoms with van der Waals surface area (Å²) in [6.07, 6.45) is 0. The van der Waals surface area contributed by atoms with Crippen molar-refractivity contribution in [1.82, 2.24) is 0 Å². The molecule has 2 heteroatoms. The van der Waals surface area contributed by atoms with Gasteiger partial charge in [0.1, 0.15) is 0 Å². The maximum atomic E-state index is 7.57. The van der Waals surface area contributed by atoms with E-state index in [1.165, 1.54) is 21.5 Å². The van der Waals surface area contributed by atoms with E-state index in [9.17, 15) is 0 Å². The molecule has 3 rings (SSSR count). The number of aliphatic hydroxyl groups excluding tert-OH is 1. The Labute approximate surface area is 122 Å². The average Bonchev–Trinajstić information content (AvgIpc) is 2.37. The molecule has 0 unspecified atom stereocenters. The Morgan fingerprint density at radius 3 is 1.17 bits per heavy atom. The molecule has 1 N–H and O–H groups in total. The zero-order valence-corrected chi connectivity index (χ0v) is 12.0. The molecule has 18 heavy (non-hydrogen) atoms. The molecule has 3 aromatic carbocycles. The van der Waals surface area contributed by atoms with Crippen molar-refractivity contribution in [3.63, 3.8) is 0 Å². The van der Waals surface area contributed by atoms with Crippen LogP contribution in [-0.4, -0.2) is 11.7 Å². The monoisotopic (exact) mass is 272 g/mol. The van der Waals surface area contributed by atoms with Gasteiger partial charge in [0.15, 0.2) is 0 Å². The smallest absolute Gasteiger partial charge is 0.0402 e. The van der Waals surface area contributed by atoms with Crippen molar-refractivity contribution in [1.29, 1.82) is 0 Å². The van der Waals surface area contributed by atoms with Gasteiger partial charge in [-0.2, -0.15) is 0 Å². The third-order valence-corrected chi connectivity index (χ3v) is 2.61. The van der Waals surface area contributed by atoms with Crippen molar-refractivity contribution >= 4 is 21.5 Å². The van der Waals surface area contributed by atoms with Crippen molar-refractivity contribution in [2.24, 2.45) is 0 Å². The fourth-order valence-electron chi connectivity index (χ4n) is 1.88. The molecule has 0 aliphatic rings. The van der Waals surface area contributed by atoms with E-state index in [4.69, 9.17) is 5.11 Å². The number of benzene rings is 3. The minimum Gasteiger partial charge on any atom is -0.397 e. The first-order valence-electron chi connectivity index (χ1n) is 5.83. The Balaban J connectivity index is 0.000000372. The van der Waals surface area contributed by atoms with Crippen molar-refractivity contribution in [3.05, 3.63) is 60.7 Å². The summed E-state index contributed by atoms with van der Waals surface area (Å²) < 4.78 is 0. The number of rotatable bonds is 0. The van der Waals surface area contributed by atoms with Crippen LogP contribution in [0, 0.1) is 0 Å². The van der Waals surface area contributed by atoms with Gasteiger partial charge in [-0.1, -0.05) is 48.5 Å². The fourth-order valence-corrected chi connectivity index (χ4v) is 1.88. The second kappa shape index (κ2) is 7.32. The summed E-state index contributed by atoms with van der Waals surface area (Å²) in [5.74, 6) is 0. The van der Waals surface area contributed by atoms with Gasteiger partial charge < -0.3 is 5.11 Å². The van der Waals surface area contributed by atoms with Crippen LogP contribution < -0.4 is 0 Å². The van der Waals surface area contributed by atoms with Gasteiger partial charge in [-0.15, -0.1) is 0 Å². The normalized spacial score (nSPS) is 9.44. The summed E-state index contributed by atoms with van der Waals surface area (Å²) >= 11 is 0. The maximum absolute atomic E-state index is 7.57. The molecule has 90 valence electrons. The van der Waals surface area contributed by atoms with E-state index in [-0.39, 0.29) is 28.3 Å². The van der Waals surface area contributed by atoms with Crippen LogP contribution in [0.2, 0.25) is 0 Å². The number of aliphatic hydroxyl groups is 1. The second-order valence-electron chi connectivity index (χ2n) is 3.86. The molecule has 0 aromatic heterocycles. The van der Waals surface area contributed by atoms with Crippen LogP contribution in [0.25, 0.3) is 21.5 Å². The van der Waals surface area contributed by atoms with Gasteiger partial charge in [0, 0.05) is 28.3 Å². The van der Waals surface area contributed by atoms with Crippen LogP contribution in [0.3, 0.4) is 0 Å². The number of hydrogen-bond donors (Lipinski definition) is 1. The summed E-state index contributed by atoms with van der Waals surface area (Å²) in [6.45, 7) is 1.93. The van der Waals surface area contributed by atoms with Gasteiger partial charge in [0.2, 0.25) is 0 Å². The van der Waals surface area contributed by atoms with Gasteiger partial charge in [-0.3, -0.25) is 0 Å². The third-order valence-electron chi connectivity index (χ3n) is 2.61. The van der Waals surface area contributed by atoms with Crippen molar-refractivity contribution < 1.29 is 26.8 Å². The van der Waals surface area contributed by atoms with E-state index in [0.717, 1.165) is 0 Å². The molecule has 0 radical (unpaired) electrons. The van der Waals surface area contributed by atoms with Crippen LogP contribution in [0.4, 0.5) is 0 Å². The largest absolute Gasteiger partial charge is 0.397 e. The molecule has 0 bridgehead atoms. The zero-order chi connectivity index (χ0) is 12.1. The first-order valence-corrected chi connectivity index (χ1v) is 5.83. The standard InChI is InChI=1S/C14H10.C2H6O.Ti/c1-2-6-12-10-14-8-4-3-7-13(14)9-11(12)5-1;1-2-3;/h1-10H;3H,2H2,1H3;. The van der Waals surface area contributed by atoms with Gasteiger partial charge >= 0.3 is 0 Å². The Kier molecular flexibility index (Phi) is 6.07. The summed E-state index contributed by atoms with van der Waals surface area (Å²) in [5, 5.41) is 12.8. The molecule has 0 amide bonds. The van der Waals surface area contributed by atoms with Crippen LogP contribution in [0.1, 0.15) is 6.92 Å². The molecule has 0 aliphatic carbocycles. The third kappa shape index (κ3) is 3.42. The SMILES string of the molecule is CCO.[Ti].c1ccc2cc3ccccc3cc2c1. The zero-order valence-electron chi connectivity index (χ0n) is 10.4. The molecule has 0 spiro atoms. The Morgan fingerprint density at radius 1 is 0.722 bits per heavy atom. The van der Waals surface area contributed by atoms with E-state index < -0.39 is 0 Å². The molecule has 0 saturated carbocycles. The predicted molar refractivity (Wildman–Crippen MR) is 74.2 cm³/mol. The van der Waals surface area contributed by atoms with Gasteiger partial charge in [0.05, 0.1) is 0 Å². The molecule has 0 saturated heterocycles. The Morgan fingerprint density at radius 2 is 0.944 bits per heavy atom. The van der Waals surface area contributed by atoms with E-state index >= 15 is 0 Å². The van der Waals surface area contributed by atoms with Gasteiger partial charge in [-0.05, 0) is 40.6 Å². The maximum Gasteiger partial charge on any atom is 0.0402 e. The first-order chi connectivity index (χ1) is 8.35. The van der Waals surface area contributed by atoms with Crippen LogP contribution in [-0.2, 0) is 21.7 Å².